The molecule has 17 heavy (non-hydrogen) atoms. The standard InChI is InChI=1S/C13H29NO2Si/c1-13(2,3)17(4,5)16-12-10-14-8-6-11(12)7-9-15/h11-12,14-15H,6-10H2,1-5H3/t11-,12+/m0/s1. The van der Waals surface area contributed by atoms with E-state index in [-0.39, 0.29) is 17.7 Å². The second-order valence-corrected chi connectivity index (χ2v) is 11.4. The van der Waals surface area contributed by atoms with Gasteiger partial charge in [-0.05, 0) is 43.4 Å². The molecule has 2 N–H and O–H groups in total. The third kappa shape index (κ3) is 4.05. The first-order valence-corrected chi connectivity index (χ1v) is 9.68. The van der Waals surface area contributed by atoms with Crippen molar-refractivity contribution in [3.63, 3.8) is 0 Å². The van der Waals surface area contributed by atoms with Crippen LogP contribution in [0, 0.1) is 5.92 Å². The molecule has 1 rings (SSSR count). The summed E-state index contributed by atoms with van der Waals surface area (Å²) in [4.78, 5) is 0. The molecule has 1 fully saturated rings. The van der Waals surface area contributed by atoms with Crippen LogP contribution in [0.15, 0.2) is 0 Å². The minimum absolute atomic E-state index is 0.258. The minimum Gasteiger partial charge on any atom is -0.412 e. The van der Waals surface area contributed by atoms with Crippen molar-refractivity contribution in [1.82, 2.24) is 5.32 Å². The average molecular weight is 259 g/mol. The van der Waals surface area contributed by atoms with Crippen molar-refractivity contribution >= 4 is 8.32 Å². The summed E-state index contributed by atoms with van der Waals surface area (Å²) in [6, 6.07) is 0. The maximum absolute atomic E-state index is 9.13. The largest absolute Gasteiger partial charge is 0.412 e. The zero-order valence-electron chi connectivity index (χ0n) is 12.0. The van der Waals surface area contributed by atoms with Crippen molar-refractivity contribution in [2.24, 2.45) is 5.92 Å². The van der Waals surface area contributed by atoms with E-state index in [0.717, 1.165) is 25.9 Å². The van der Waals surface area contributed by atoms with Gasteiger partial charge in [0.1, 0.15) is 0 Å². The molecule has 0 amide bonds. The Hall–Kier alpha value is 0.0969. The molecule has 0 unspecified atom stereocenters. The van der Waals surface area contributed by atoms with Crippen molar-refractivity contribution in [3.05, 3.63) is 0 Å². The molecule has 0 saturated carbocycles. The zero-order valence-corrected chi connectivity index (χ0v) is 13.0. The quantitative estimate of drug-likeness (QED) is 0.762. The number of hydrogen-bond donors (Lipinski definition) is 2. The smallest absolute Gasteiger partial charge is 0.192 e. The van der Waals surface area contributed by atoms with E-state index in [1.54, 1.807) is 0 Å². The molecular weight excluding hydrogens is 230 g/mol. The Bertz CT molecular complexity index is 236. The van der Waals surface area contributed by atoms with Gasteiger partial charge in [-0.25, -0.2) is 0 Å². The van der Waals surface area contributed by atoms with Gasteiger partial charge < -0.3 is 14.8 Å². The molecule has 0 bridgehead atoms. The maximum atomic E-state index is 9.13. The van der Waals surface area contributed by atoms with Gasteiger partial charge in [0, 0.05) is 13.2 Å². The third-order valence-corrected chi connectivity index (χ3v) is 8.82. The molecule has 0 aromatic carbocycles. The molecule has 0 aromatic rings. The zero-order chi connectivity index (χ0) is 13.1. The lowest BCUT2D eigenvalue weighted by Crippen LogP contribution is -2.51. The first-order valence-electron chi connectivity index (χ1n) is 6.77. The van der Waals surface area contributed by atoms with E-state index < -0.39 is 8.32 Å². The van der Waals surface area contributed by atoms with Gasteiger partial charge in [0.05, 0.1) is 6.10 Å². The summed E-state index contributed by atoms with van der Waals surface area (Å²) >= 11 is 0. The van der Waals surface area contributed by atoms with Gasteiger partial charge in [-0.1, -0.05) is 20.8 Å². The highest BCUT2D eigenvalue weighted by molar-refractivity contribution is 6.74. The van der Waals surface area contributed by atoms with E-state index in [1.807, 2.05) is 0 Å². The Balaban J connectivity index is 2.64. The Morgan fingerprint density at radius 1 is 1.35 bits per heavy atom. The molecule has 0 aliphatic carbocycles. The molecule has 0 radical (unpaired) electrons. The molecular formula is C13H29NO2Si. The van der Waals surface area contributed by atoms with E-state index in [1.165, 1.54) is 0 Å². The van der Waals surface area contributed by atoms with Crippen molar-refractivity contribution in [2.45, 2.75) is 57.8 Å². The molecule has 0 spiro atoms. The highest BCUT2D eigenvalue weighted by Gasteiger charge is 2.41. The first-order chi connectivity index (χ1) is 7.78. The number of hydrogen-bond acceptors (Lipinski definition) is 3. The van der Waals surface area contributed by atoms with E-state index in [2.05, 4.69) is 39.2 Å². The van der Waals surface area contributed by atoms with Crippen LogP contribution in [0.2, 0.25) is 18.1 Å². The fraction of sp³-hybridized carbons (Fsp3) is 1.00. The van der Waals surface area contributed by atoms with Crippen LogP contribution in [0.1, 0.15) is 33.6 Å². The molecule has 4 heteroatoms. The summed E-state index contributed by atoms with van der Waals surface area (Å²) in [5, 5.41) is 12.8. The number of aliphatic hydroxyl groups is 1. The normalized spacial score (nSPS) is 27.2. The average Bonchev–Trinajstić information content (AvgIpc) is 2.19. The van der Waals surface area contributed by atoms with E-state index in [9.17, 15) is 0 Å². The number of aliphatic hydroxyl groups excluding tert-OH is 1. The molecule has 1 aliphatic rings. The Kier molecular flexibility index (Phi) is 5.19. The van der Waals surface area contributed by atoms with Gasteiger partial charge in [0.2, 0.25) is 0 Å². The van der Waals surface area contributed by atoms with Crippen LogP contribution in [-0.4, -0.2) is 39.2 Å². The van der Waals surface area contributed by atoms with Crippen LogP contribution in [0.4, 0.5) is 0 Å². The SMILES string of the molecule is CC(C)(C)[Si](C)(C)O[C@@H]1CNCC[C@H]1CCO. The summed E-state index contributed by atoms with van der Waals surface area (Å²) in [5.41, 5.74) is 0. The van der Waals surface area contributed by atoms with Crippen molar-refractivity contribution in [2.75, 3.05) is 19.7 Å². The highest BCUT2D eigenvalue weighted by Crippen LogP contribution is 2.38. The molecule has 1 heterocycles. The van der Waals surface area contributed by atoms with E-state index in [4.69, 9.17) is 9.53 Å². The third-order valence-electron chi connectivity index (χ3n) is 4.32. The van der Waals surface area contributed by atoms with E-state index in [0.29, 0.717) is 5.92 Å². The Morgan fingerprint density at radius 3 is 2.53 bits per heavy atom. The fourth-order valence-electron chi connectivity index (χ4n) is 2.07. The topological polar surface area (TPSA) is 41.5 Å². The summed E-state index contributed by atoms with van der Waals surface area (Å²) in [6.45, 7) is 13.7. The number of piperidine rings is 1. The monoisotopic (exact) mass is 259 g/mol. The lowest BCUT2D eigenvalue weighted by atomic mass is 9.92. The summed E-state index contributed by atoms with van der Waals surface area (Å²) in [7, 11) is -1.68. The molecule has 2 atom stereocenters. The van der Waals surface area contributed by atoms with Gasteiger partial charge in [-0.3, -0.25) is 0 Å². The molecule has 1 aliphatic heterocycles. The molecule has 3 nitrogen and oxygen atoms in total. The Labute approximate surface area is 107 Å². The van der Waals surface area contributed by atoms with Crippen LogP contribution in [0.25, 0.3) is 0 Å². The number of nitrogens with one attached hydrogen (secondary N) is 1. The van der Waals surface area contributed by atoms with Crippen LogP contribution < -0.4 is 5.32 Å². The molecule has 102 valence electrons. The van der Waals surface area contributed by atoms with Crippen molar-refractivity contribution in [3.8, 4) is 0 Å². The minimum atomic E-state index is -1.68. The molecule has 1 saturated heterocycles. The van der Waals surface area contributed by atoms with Crippen LogP contribution in [0.3, 0.4) is 0 Å². The second-order valence-electron chi connectivity index (χ2n) is 6.68. The fourth-order valence-corrected chi connectivity index (χ4v) is 3.46. The van der Waals surface area contributed by atoms with Gasteiger partial charge in [-0.2, -0.15) is 0 Å². The van der Waals surface area contributed by atoms with Crippen LogP contribution in [0.5, 0.6) is 0 Å². The predicted molar refractivity (Wildman–Crippen MR) is 74.7 cm³/mol. The maximum Gasteiger partial charge on any atom is 0.192 e. The first kappa shape index (κ1) is 15.2. The van der Waals surface area contributed by atoms with Crippen LogP contribution in [-0.2, 0) is 4.43 Å². The van der Waals surface area contributed by atoms with Gasteiger partial charge in [-0.15, -0.1) is 0 Å². The number of rotatable bonds is 4. The second kappa shape index (κ2) is 5.82. The van der Waals surface area contributed by atoms with Gasteiger partial charge in [0.15, 0.2) is 8.32 Å². The van der Waals surface area contributed by atoms with E-state index >= 15 is 0 Å². The van der Waals surface area contributed by atoms with Crippen molar-refractivity contribution in [1.29, 1.82) is 0 Å². The molecule has 0 aromatic heterocycles. The van der Waals surface area contributed by atoms with Crippen LogP contribution >= 0.6 is 0 Å². The predicted octanol–water partition coefficient (Wildman–Crippen LogP) is 2.37. The Morgan fingerprint density at radius 2 is 2.00 bits per heavy atom. The summed E-state index contributed by atoms with van der Waals surface area (Å²) < 4.78 is 6.47. The lowest BCUT2D eigenvalue weighted by molar-refractivity contribution is 0.0744. The van der Waals surface area contributed by atoms with Crippen molar-refractivity contribution < 1.29 is 9.53 Å². The summed E-state index contributed by atoms with van der Waals surface area (Å²) in [5.74, 6) is 0.523. The lowest BCUT2D eigenvalue weighted by Gasteiger charge is -2.43. The van der Waals surface area contributed by atoms with Gasteiger partial charge in [0.25, 0.3) is 0 Å². The highest BCUT2D eigenvalue weighted by atomic mass is 28.4. The van der Waals surface area contributed by atoms with Gasteiger partial charge >= 0.3 is 0 Å². The summed E-state index contributed by atoms with van der Waals surface area (Å²) in [6.07, 6.45) is 2.29.